The Balaban J connectivity index is 2.23. The maximum Gasteiger partial charge on any atom is 0.150 e. The average Bonchev–Trinajstić information content (AvgIpc) is 2.41. The SMILES string of the molecule is Cc1ccccc1CN(C)c1ccc(C=O)cc1F. The number of hydrogen-bond donors (Lipinski definition) is 0. The van der Waals surface area contributed by atoms with Crippen molar-refractivity contribution in [3.63, 3.8) is 0 Å². The van der Waals surface area contributed by atoms with Gasteiger partial charge in [0.05, 0.1) is 5.69 Å². The molecule has 0 amide bonds. The standard InChI is InChI=1S/C16H16FNO/c1-12-5-3-4-6-14(12)10-18(2)16-8-7-13(11-19)9-15(16)17/h3-9,11H,10H2,1-2H3. The molecule has 0 aromatic heterocycles. The summed E-state index contributed by atoms with van der Waals surface area (Å²) >= 11 is 0. The van der Waals surface area contributed by atoms with Crippen LogP contribution in [-0.2, 0) is 6.54 Å². The highest BCUT2D eigenvalue weighted by Crippen LogP contribution is 2.21. The molecule has 2 rings (SSSR count). The van der Waals surface area contributed by atoms with Gasteiger partial charge < -0.3 is 4.90 Å². The van der Waals surface area contributed by atoms with Gasteiger partial charge in [-0.05, 0) is 36.2 Å². The molecule has 0 N–H and O–H groups in total. The largest absolute Gasteiger partial charge is 0.368 e. The van der Waals surface area contributed by atoms with Gasteiger partial charge in [0.1, 0.15) is 12.1 Å². The van der Waals surface area contributed by atoms with Crippen molar-refractivity contribution >= 4 is 12.0 Å². The lowest BCUT2D eigenvalue weighted by Crippen LogP contribution is -2.18. The summed E-state index contributed by atoms with van der Waals surface area (Å²) in [5.74, 6) is -0.374. The van der Waals surface area contributed by atoms with Crippen LogP contribution in [-0.4, -0.2) is 13.3 Å². The second-order valence-electron chi connectivity index (χ2n) is 4.61. The first-order valence-corrected chi connectivity index (χ1v) is 6.12. The van der Waals surface area contributed by atoms with E-state index in [1.54, 1.807) is 12.1 Å². The molecule has 2 aromatic carbocycles. The molecule has 0 fully saturated rings. The molecule has 3 heteroatoms. The van der Waals surface area contributed by atoms with Crippen LogP contribution in [0.5, 0.6) is 0 Å². The fourth-order valence-corrected chi connectivity index (χ4v) is 2.03. The van der Waals surface area contributed by atoms with E-state index in [1.807, 2.05) is 43.1 Å². The Bertz CT molecular complexity index is 595. The summed E-state index contributed by atoms with van der Waals surface area (Å²) in [5.41, 5.74) is 3.18. The van der Waals surface area contributed by atoms with E-state index >= 15 is 0 Å². The number of nitrogens with zero attached hydrogens (tertiary/aromatic N) is 1. The number of aryl methyl sites for hydroxylation is 1. The minimum Gasteiger partial charge on any atom is -0.368 e. The van der Waals surface area contributed by atoms with Crippen molar-refractivity contribution in [2.75, 3.05) is 11.9 Å². The first-order valence-electron chi connectivity index (χ1n) is 6.12. The van der Waals surface area contributed by atoms with Gasteiger partial charge in [-0.2, -0.15) is 0 Å². The van der Waals surface area contributed by atoms with E-state index in [0.29, 0.717) is 24.1 Å². The second kappa shape index (κ2) is 5.65. The zero-order valence-corrected chi connectivity index (χ0v) is 11.1. The zero-order valence-electron chi connectivity index (χ0n) is 11.1. The highest BCUT2D eigenvalue weighted by atomic mass is 19.1. The first kappa shape index (κ1) is 13.3. The van der Waals surface area contributed by atoms with Gasteiger partial charge in [-0.1, -0.05) is 24.3 Å². The number of anilines is 1. The van der Waals surface area contributed by atoms with Crippen LogP contribution in [0.2, 0.25) is 0 Å². The fourth-order valence-electron chi connectivity index (χ4n) is 2.03. The van der Waals surface area contributed by atoms with Crippen LogP contribution in [0.25, 0.3) is 0 Å². The van der Waals surface area contributed by atoms with Crippen LogP contribution in [0.4, 0.5) is 10.1 Å². The topological polar surface area (TPSA) is 20.3 Å². The van der Waals surface area contributed by atoms with Crippen molar-refractivity contribution in [2.24, 2.45) is 0 Å². The minimum atomic E-state index is -0.374. The number of rotatable bonds is 4. The molecular weight excluding hydrogens is 241 g/mol. The summed E-state index contributed by atoms with van der Waals surface area (Å²) < 4.78 is 13.9. The summed E-state index contributed by atoms with van der Waals surface area (Å²) in [6, 6.07) is 12.5. The molecule has 2 aromatic rings. The molecule has 0 aliphatic carbocycles. The number of hydrogen-bond acceptors (Lipinski definition) is 2. The normalized spacial score (nSPS) is 10.3. The van der Waals surface area contributed by atoms with Gasteiger partial charge in [0.2, 0.25) is 0 Å². The quantitative estimate of drug-likeness (QED) is 0.780. The Kier molecular flexibility index (Phi) is 3.95. The van der Waals surface area contributed by atoms with E-state index in [1.165, 1.54) is 11.6 Å². The number of halogens is 1. The van der Waals surface area contributed by atoms with Crippen LogP contribution in [0.3, 0.4) is 0 Å². The lowest BCUT2D eigenvalue weighted by Gasteiger charge is -2.21. The van der Waals surface area contributed by atoms with Gasteiger partial charge in [-0.15, -0.1) is 0 Å². The van der Waals surface area contributed by atoms with Crippen molar-refractivity contribution in [3.8, 4) is 0 Å². The molecule has 0 aliphatic heterocycles. The monoisotopic (exact) mass is 257 g/mol. The van der Waals surface area contributed by atoms with Gasteiger partial charge in [0.15, 0.2) is 0 Å². The van der Waals surface area contributed by atoms with Crippen LogP contribution in [0.15, 0.2) is 42.5 Å². The Labute approximate surface area is 112 Å². The van der Waals surface area contributed by atoms with Crippen LogP contribution in [0, 0.1) is 12.7 Å². The lowest BCUT2D eigenvalue weighted by molar-refractivity contribution is 0.112. The molecular formula is C16H16FNO. The Morgan fingerprint density at radius 2 is 1.95 bits per heavy atom. The average molecular weight is 257 g/mol. The van der Waals surface area contributed by atoms with E-state index in [0.717, 1.165) is 5.56 Å². The number of benzene rings is 2. The predicted molar refractivity (Wildman–Crippen MR) is 75.1 cm³/mol. The number of carbonyl (C=O) groups excluding carboxylic acids is 1. The minimum absolute atomic E-state index is 0.352. The molecule has 0 aliphatic rings. The van der Waals surface area contributed by atoms with Gasteiger partial charge in [-0.3, -0.25) is 4.79 Å². The van der Waals surface area contributed by atoms with Gasteiger partial charge in [0, 0.05) is 19.2 Å². The third kappa shape index (κ3) is 2.99. The molecule has 0 unspecified atom stereocenters. The highest BCUT2D eigenvalue weighted by molar-refractivity contribution is 5.75. The first-order chi connectivity index (χ1) is 9.11. The molecule has 19 heavy (non-hydrogen) atoms. The number of carbonyl (C=O) groups is 1. The van der Waals surface area contributed by atoms with E-state index in [-0.39, 0.29) is 5.82 Å². The van der Waals surface area contributed by atoms with Gasteiger partial charge in [-0.25, -0.2) is 4.39 Å². The Morgan fingerprint density at radius 1 is 1.21 bits per heavy atom. The molecule has 0 atom stereocenters. The van der Waals surface area contributed by atoms with E-state index in [9.17, 15) is 9.18 Å². The summed E-state index contributed by atoms with van der Waals surface area (Å²) in [6.07, 6.45) is 0.647. The van der Waals surface area contributed by atoms with Gasteiger partial charge >= 0.3 is 0 Å². The smallest absolute Gasteiger partial charge is 0.150 e. The molecule has 0 spiro atoms. The Hall–Kier alpha value is -2.16. The van der Waals surface area contributed by atoms with E-state index < -0.39 is 0 Å². The van der Waals surface area contributed by atoms with Gasteiger partial charge in [0.25, 0.3) is 0 Å². The lowest BCUT2D eigenvalue weighted by atomic mass is 10.1. The van der Waals surface area contributed by atoms with Crippen molar-refractivity contribution in [1.29, 1.82) is 0 Å². The fraction of sp³-hybridized carbons (Fsp3) is 0.188. The molecule has 0 heterocycles. The van der Waals surface area contributed by atoms with Crippen molar-refractivity contribution < 1.29 is 9.18 Å². The molecule has 0 bridgehead atoms. The van der Waals surface area contributed by atoms with Crippen molar-refractivity contribution in [1.82, 2.24) is 0 Å². The maximum atomic E-state index is 13.9. The van der Waals surface area contributed by atoms with Crippen molar-refractivity contribution in [3.05, 3.63) is 65.0 Å². The van der Waals surface area contributed by atoms with Crippen LogP contribution in [0.1, 0.15) is 21.5 Å². The van der Waals surface area contributed by atoms with Crippen molar-refractivity contribution in [2.45, 2.75) is 13.5 Å². The third-order valence-electron chi connectivity index (χ3n) is 3.19. The second-order valence-corrected chi connectivity index (χ2v) is 4.61. The van der Waals surface area contributed by atoms with E-state index in [2.05, 4.69) is 0 Å². The maximum absolute atomic E-state index is 13.9. The predicted octanol–water partition coefficient (Wildman–Crippen LogP) is 3.58. The van der Waals surface area contributed by atoms with E-state index in [4.69, 9.17) is 0 Å². The Morgan fingerprint density at radius 3 is 2.58 bits per heavy atom. The molecule has 0 saturated carbocycles. The molecule has 0 radical (unpaired) electrons. The summed E-state index contributed by atoms with van der Waals surface area (Å²) in [6.45, 7) is 2.67. The summed E-state index contributed by atoms with van der Waals surface area (Å²) in [5, 5.41) is 0. The van der Waals surface area contributed by atoms with Crippen LogP contribution < -0.4 is 4.90 Å². The zero-order chi connectivity index (χ0) is 13.8. The molecule has 98 valence electrons. The summed E-state index contributed by atoms with van der Waals surface area (Å²) in [7, 11) is 1.84. The third-order valence-corrected chi connectivity index (χ3v) is 3.19. The number of aldehydes is 1. The van der Waals surface area contributed by atoms with Crippen LogP contribution >= 0.6 is 0 Å². The highest BCUT2D eigenvalue weighted by Gasteiger charge is 2.09. The molecule has 0 saturated heterocycles. The molecule has 2 nitrogen and oxygen atoms in total. The summed E-state index contributed by atoms with van der Waals surface area (Å²) in [4.78, 5) is 12.4.